The van der Waals surface area contributed by atoms with Crippen LogP contribution in [0, 0.1) is 0 Å². The number of amides is 2. The number of nitrogens with two attached hydrogens (primary N) is 3. The standard InChI is InChI=1S/C15H33N5O2/c16-8-3-11-19-14(21)6-1-2-7-15(22)20(12-4-9-17)13-5-10-18/h1-13,16-18H2,(H,19,21). The second-order valence-corrected chi connectivity index (χ2v) is 5.36. The second-order valence-electron chi connectivity index (χ2n) is 5.36. The maximum absolute atomic E-state index is 12.1. The van der Waals surface area contributed by atoms with Gasteiger partial charge in [0.1, 0.15) is 0 Å². The van der Waals surface area contributed by atoms with Crippen LogP contribution >= 0.6 is 0 Å². The summed E-state index contributed by atoms with van der Waals surface area (Å²) in [6.07, 6.45) is 4.79. The van der Waals surface area contributed by atoms with Crippen molar-refractivity contribution in [2.45, 2.75) is 44.9 Å². The van der Waals surface area contributed by atoms with Crippen molar-refractivity contribution in [2.24, 2.45) is 17.2 Å². The third-order valence-corrected chi connectivity index (χ3v) is 3.36. The van der Waals surface area contributed by atoms with Gasteiger partial charge in [-0.1, -0.05) is 0 Å². The van der Waals surface area contributed by atoms with E-state index in [1.807, 2.05) is 4.90 Å². The van der Waals surface area contributed by atoms with E-state index in [0.717, 1.165) is 32.1 Å². The summed E-state index contributed by atoms with van der Waals surface area (Å²) in [7, 11) is 0. The van der Waals surface area contributed by atoms with Crippen LogP contribution in [0.5, 0.6) is 0 Å². The van der Waals surface area contributed by atoms with E-state index in [1.165, 1.54) is 0 Å². The first-order chi connectivity index (χ1) is 10.7. The smallest absolute Gasteiger partial charge is 0.222 e. The van der Waals surface area contributed by atoms with Crippen LogP contribution in [0.25, 0.3) is 0 Å². The first-order valence-corrected chi connectivity index (χ1v) is 8.30. The minimum Gasteiger partial charge on any atom is -0.356 e. The van der Waals surface area contributed by atoms with Gasteiger partial charge in [-0.15, -0.1) is 0 Å². The Morgan fingerprint density at radius 3 is 1.86 bits per heavy atom. The summed E-state index contributed by atoms with van der Waals surface area (Å²) in [5.41, 5.74) is 16.3. The minimum atomic E-state index is 0.0315. The van der Waals surface area contributed by atoms with Crippen molar-refractivity contribution in [3.05, 3.63) is 0 Å². The summed E-state index contributed by atoms with van der Waals surface area (Å²) in [6.45, 7) is 3.74. The molecule has 0 atom stereocenters. The van der Waals surface area contributed by atoms with E-state index < -0.39 is 0 Å². The molecule has 7 heteroatoms. The van der Waals surface area contributed by atoms with Gasteiger partial charge < -0.3 is 27.4 Å². The first-order valence-electron chi connectivity index (χ1n) is 8.30. The number of unbranched alkanes of at least 4 members (excludes halogenated alkanes) is 1. The number of hydrogen-bond donors (Lipinski definition) is 4. The number of carbonyl (C=O) groups is 2. The monoisotopic (exact) mass is 315 g/mol. The SMILES string of the molecule is NCCCNC(=O)CCCCC(=O)N(CCCN)CCCN. The van der Waals surface area contributed by atoms with Gasteiger partial charge in [0.15, 0.2) is 0 Å². The van der Waals surface area contributed by atoms with Gasteiger partial charge in [-0.3, -0.25) is 9.59 Å². The van der Waals surface area contributed by atoms with Crippen molar-refractivity contribution >= 4 is 11.8 Å². The molecule has 0 saturated heterocycles. The van der Waals surface area contributed by atoms with Crippen LogP contribution in [0.1, 0.15) is 44.9 Å². The van der Waals surface area contributed by atoms with Crippen LogP contribution < -0.4 is 22.5 Å². The Bertz CT molecular complexity index is 292. The van der Waals surface area contributed by atoms with Crippen LogP contribution in [0.4, 0.5) is 0 Å². The highest BCUT2D eigenvalue weighted by Gasteiger charge is 2.12. The number of nitrogens with one attached hydrogen (secondary N) is 1. The topological polar surface area (TPSA) is 127 Å². The van der Waals surface area contributed by atoms with Gasteiger partial charge in [0.25, 0.3) is 0 Å². The number of carbonyl (C=O) groups excluding carboxylic acids is 2. The molecule has 7 nitrogen and oxygen atoms in total. The molecule has 7 N–H and O–H groups in total. The lowest BCUT2D eigenvalue weighted by molar-refractivity contribution is -0.131. The average molecular weight is 315 g/mol. The summed E-state index contributed by atoms with van der Waals surface area (Å²) in [5.74, 6) is 0.162. The maximum Gasteiger partial charge on any atom is 0.222 e. The average Bonchev–Trinajstić information content (AvgIpc) is 2.51. The Labute approximate surface area is 134 Å². The van der Waals surface area contributed by atoms with Crippen molar-refractivity contribution in [3.63, 3.8) is 0 Å². The highest BCUT2D eigenvalue weighted by atomic mass is 16.2. The summed E-state index contributed by atoms with van der Waals surface area (Å²) in [4.78, 5) is 25.5. The second kappa shape index (κ2) is 14.7. The Morgan fingerprint density at radius 1 is 0.773 bits per heavy atom. The molecule has 0 heterocycles. The molecule has 22 heavy (non-hydrogen) atoms. The molecule has 0 radical (unpaired) electrons. The molecule has 0 aromatic heterocycles. The molecular formula is C15H33N5O2. The largest absolute Gasteiger partial charge is 0.356 e. The summed E-state index contributed by atoms with van der Waals surface area (Å²) >= 11 is 0. The Hall–Kier alpha value is -1.18. The normalized spacial score (nSPS) is 10.5. The fourth-order valence-electron chi connectivity index (χ4n) is 2.06. The molecule has 0 aliphatic rings. The predicted octanol–water partition coefficient (Wildman–Crippen LogP) is -0.462. The Balaban J connectivity index is 3.84. The first kappa shape index (κ1) is 20.8. The zero-order valence-corrected chi connectivity index (χ0v) is 13.7. The highest BCUT2D eigenvalue weighted by molar-refractivity contribution is 5.77. The molecular weight excluding hydrogens is 282 g/mol. The van der Waals surface area contributed by atoms with Crippen LogP contribution in [0.15, 0.2) is 0 Å². The molecule has 0 fully saturated rings. The van der Waals surface area contributed by atoms with E-state index in [9.17, 15) is 9.59 Å². The van der Waals surface area contributed by atoms with E-state index in [4.69, 9.17) is 17.2 Å². The van der Waals surface area contributed by atoms with Crippen molar-refractivity contribution in [1.82, 2.24) is 10.2 Å². The molecule has 0 unspecified atom stereocenters. The van der Waals surface area contributed by atoms with Crippen molar-refractivity contribution in [1.29, 1.82) is 0 Å². The van der Waals surface area contributed by atoms with Crippen LogP contribution in [-0.2, 0) is 9.59 Å². The van der Waals surface area contributed by atoms with Crippen LogP contribution in [0.2, 0.25) is 0 Å². The van der Waals surface area contributed by atoms with E-state index in [2.05, 4.69) is 5.32 Å². The van der Waals surface area contributed by atoms with Crippen LogP contribution in [-0.4, -0.2) is 56.0 Å². The van der Waals surface area contributed by atoms with Gasteiger partial charge >= 0.3 is 0 Å². The van der Waals surface area contributed by atoms with Crippen LogP contribution in [0.3, 0.4) is 0 Å². The maximum atomic E-state index is 12.1. The number of rotatable bonds is 14. The van der Waals surface area contributed by atoms with E-state index in [0.29, 0.717) is 52.1 Å². The third-order valence-electron chi connectivity index (χ3n) is 3.36. The fraction of sp³-hybridized carbons (Fsp3) is 0.867. The zero-order valence-electron chi connectivity index (χ0n) is 13.7. The van der Waals surface area contributed by atoms with Gasteiger partial charge in [0, 0.05) is 32.5 Å². The van der Waals surface area contributed by atoms with Gasteiger partial charge in [-0.05, 0) is 51.7 Å². The molecule has 0 aromatic rings. The van der Waals surface area contributed by atoms with Gasteiger partial charge in [-0.25, -0.2) is 0 Å². The summed E-state index contributed by atoms with van der Waals surface area (Å²) in [5, 5.41) is 2.81. The lowest BCUT2D eigenvalue weighted by Gasteiger charge is -2.22. The quantitative estimate of drug-likeness (QED) is 0.322. The lowest BCUT2D eigenvalue weighted by Crippen LogP contribution is -2.34. The molecule has 0 aliphatic heterocycles. The summed E-state index contributed by atoms with van der Waals surface area (Å²) < 4.78 is 0. The van der Waals surface area contributed by atoms with Crippen molar-refractivity contribution < 1.29 is 9.59 Å². The fourth-order valence-corrected chi connectivity index (χ4v) is 2.06. The number of hydrogen-bond acceptors (Lipinski definition) is 5. The van der Waals surface area contributed by atoms with Gasteiger partial charge in [0.05, 0.1) is 0 Å². The third kappa shape index (κ3) is 11.5. The Kier molecular flexibility index (Phi) is 14.0. The molecule has 2 amide bonds. The summed E-state index contributed by atoms with van der Waals surface area (Å²) in [6, 6.07) is 0. The lowest BCUT2D eigenvalue weighted by atomic mass is 10.1. The minimum absolute atomic E-state index is 0.0315. The molecule has 0 aliphatic carbocycles. The van der Waals surface area contributed by atoms with Crippen molar-refractivity contribution in [2.75, 3.05) is 39.3 Å². The van der Waals surface area contributed by atoms with E-state index in [-0.39, 0.29) is 11.8 Å². The molecule has 130 valence electrons. The Morgan fingerprint density at radius 2 is 1.32 bits per heavy atom. The molecule has 0 spiro atoms. The van der Waals surface area contributed by atoms with Crippen molar-refractivity contribution in [3.8, 4) is 0 Å². The molecule has 0 aromatic carbocycles. The zero-order chi connectivity index (χ0) is 16.6. The van der Waals surface area contributed by atoms with Gasteiger partial charge in [-0.2, -0.15) is 0 Å². The van der Waals surface area contributed by atoms with E-state index in [1.54, 1.807) is 0 Å². The molecule has 0 rings (SSSR count). The number of nitrogens with zero attached hydrogens (tertiary/aromatic N) is 1. The predicted molar refractivity (Wildman–Crippen MR) is 89.1 cm³/mol. The van der Waals surface area contributed by atoms with Gasteiger partial charge in [0.2, 0.25) is 11.8 Å². The highest BCUT2D eigenvalue weighted by Crippen LogP contribution is 2.05. The van der Waals surface area contributed by atoms with E-state index >= 15 is 0 Å². The molecule has 0 bridgehead atoms. The molecule has 0 saturated carbocycles.